The number of thiocarbonyl (C=S) groups is 1. The van der Waals surface area contributed by atoms with Crippen LogP contribution in [0.25, 0.3) is 11.7 Å². The van der Waals surface area contributed by atoms with Gasteiger partial charge in [-0.1, -0.05) is 72.0 Å². The van der Waals surface area contributed by atoms with Crippen molar-refractivity contribution in [2.45, 2.75) is 19.9 Å². The summed E-state index contributed by atoms with van der Waals surface area (Å²) in [5.41, 5.74) is 2.00. The highest BCUT2D eigenvalue weighted by Gasteiger charge is 2.36. The van der Waals surface area contributed by atoms with Gasteiger partial charge in [0.1, 0.15) is 21.3 Å². The van der Waals surface area contributed by atoms with Crippen LogP contribution in [0.5, 0.6) is 11.6 Å². The maximum Gasteiger partial charge on any atom is 0.269 e. The number of fused-ring (bicyclic) bond motifs is 1. The third kappa shape index (κ3) is 4.55. The lowest BCUT2D eigenvalue weighted by molar-refractivity contribution is -0.123. The number of ether oxygens (including phenoxy) is 1. The number of aromatic nitrogens is 2. The molecule has 0 saturated carbocycles. The molecule has 6 nitrogen and oxygen atoms in total. The highest BCUT2D eigenvalue weighted by atomic mass is 35.5. The van der Waals surface area contributed by atoms with E-state index in [1.54, 1.807) is 47.5 Å². The summed E-state index contributed by atoms with van der Waals surface area (Å²) in [7, 11) is 0. The molecule has 0 radical (unpaired) electrons. The molecule has 4 aromatic rings. The van der Waals surface area contributed by atoms with E-state index < -0.39 is 0 Å². The number of hydrogen-bond donors (Lipinski definition) is 0. The summed E-state index contributed by atoms with van der Waals surface area (Å²) in [6.07, 6.45) is 3.14. The maximum absolute atomic E-state index is 13.5. The molecule has 1 aliphatic rings. The molecule has 1 atom stereocenters. The molecule has 180 valence electrons. The van der Waals surface area contributed by atoms with Crippen molar-refractivity contribution < 1.29 is 9.53 Å². The zero-order valence-corrected chi connectivity index (χ0v) is 21.7. The lowest BCUT2D eigenvalue weighted by Crippen LogP contribution is -2.31. The summed E-state index contributed by atoms with van der Waals surface area (Å²) in [4.78, 5) is 33.4. The quantitative estimate of drug-likeness (QED) is 0.218. The molecule has 9 heteroatoms. The Labute approximate surface area is 222 Å². The van der Waals surface area contributed by atoms with E-state index in [-0.39, 0.29) is 29.0 Å². The Morgan fingerprint density at radius 1 is 1.08 bits per heavy atom. The molecule has 5 rings (SSSR count). The van der Waals surface area contributed by atoms with Crippen LogP contribution < -0.4 is 10.3 Å². The van der Waals surface area contributed by atoms with Gasteiger partial charge in [0.15, 0.2) is 0 Å². The highest BCUT2D eigenvalue weighted by Crippen LogP contribution is 2.38. The van der Waals surface area contributed by atoms with Gasteiger partial charge in [0.2, 0.25) is 5.88 Å². The molecule has 0 spiro atoms. The van der Waals surface area contributed by atoms with Crippen molar-refractivity contribution in [3.8, 4) is 11.6 Å². The molecule has 2 aromatic carbocycles. The molecule has 36 heavy (non-hydrogen) atoms. The molecule has 1 fully saturated rings. The van der Waals surface area contributed by atoms with Gasteiger partial charge < -0.3 is 4.74 Å². The van der Waals surface area contributed by atoms with Crippen LogP contribution in [0.15, 0.2) is 82.6 Å². The van der Waals surface area contributed by atoms with Crippen LogP contribution in [0.2, 0.25) is 5.02 Å². The normalized spacial score (nSPS) is 15.6. The third-order valence-corrected chi connectivity index (χ3v) is 7.60. The lowest BCUT2D eigenvalue weighted by Gasteiger charge is -2.23. The Morgan fingerprint density at radius 2 is 1.83 bits per heavy atom. The average Bonchev–Trinajstić information content (AvgIpc) is 3.16. The number of nitrogens with zero attached hydrogens (tertiary/aromatic N) is 3. The van der Waals surface area contributed by atoms with Gasteiger partial charge in [-0.2, -0.15) is 4.98 Å². The fourth-order valence-corrected chi connectivity index (χ4v) is 5.42. The largest absolute Gasteiger partial charge is 0.438 e. The van der Waals surface area contributed by atoms with E-state index in [2.05, 4.69) is 4.98 Å². The van der Waals surface area contributed by atoms with E-state index in [1.165, 1.54) is 10.5 Å². The zero-order valence-electron chi connectivity index (χ0n) is 19.3. The van der Waals surface area contributed by atoms with Gasteiger partial charge >= 0.3 is 0 Å². The predicted octanol–water partition coefficient (Wildman–Crippen LogP) is 6.41. The Kier molecular flexibility index (Phi) is 6.66. The SMILES string of the molecule is Cc1cc(Oc2nc3ccccn3c(=O)c2/C=C2/SC(=S)N(C(C)c3ccccc3)C2=O)ccc1Cl. The van der Waals surface area contributed by atoms with Gasteiger partial charge in [-0.05, 0) is 61.4 Å². The fourth-order valence-electron chi connectivity index (χ4n) is 3.90. The summed E-state index contributed by atoms with van der Waals surface area (Å²) in [5, 5.41) is 0.602. The van der Waals surface area contributed by atoms with Gasteiger partial charge in [-0.25, -0.2) is 0 Å². The highest BCUT2D eigenvalue weighted by molar-refractivity contribution is 8.26. The second kappa shape index (κ2) is 9.89. The summed E-state index contributed by atoms with van der Waals surface area (Å²) < 4.78 is 7.89. The van der Waals surface area contributed by atoms with Crippen LogP contribution in [0.3, 0.4) is 0 Å². The van der Waals surface area contributed by atoms with E-state index in [4.69, 9.17) is 28.6 Å². The monoisotopic (exact) mass is 533 g/mol. The first-order valence-corrected chi connectivity index (χ1v) is 12.7. The summed E-state index contributed by atoms with van der Waals surface area (Å²) in [6, 6.07) is 19.8. The molecule has 0 N–H and O–H groups in total. The third-order valence-electron chi connectivity index (χ3n) is 5.85. The number of benzene rings is 2. The van der Waals surface area contributed by atoms with Crippen molar-refractivity contribution >= 4 is 57.5 Å². The summed E-state index contributed by atoms with van der Waals surface area (Å²) in [5.74, 6) is 0.297. The van der Waals surface area contributed by atoms with E-state index >= 15 is 0 Å². The van der Waals surface area contributed by atoms with Crippen molar-refractivity contribution in [1.29, 1.82) is 0 Å². The zero-order chi connectivity index (χ0) is 25.4. The van der Waals surface area contributed by atoms with Crippen molar-refractivity contribution in [1.82, 2.24) is 14.3 Å². The Hall–Kier alpha value is -3.46. The van der Waals surface area contributed by atoms with Crippen molar-refractivity contribution in [2.24, 2.45) is 0 Å². The fraction of sp³-hybridized carbons (Fsp3) is 0.111. The van der Waals surface area contributed by atoms with Crippen molar-refractivity contribution in [2.75, 3.05) is 0 Å². The molecule has 1 amide bonds. The molecule has 0 bridgehead atoms. The van der Waals surface area contributed by atoms with E-state index in [0.29, 0.717) is 25.6 Å². The number of thioether (sulfide) groups is 1. The van der Waals surface area contributed by atoms with Crippen LogP contribution >= 0.6 is 35.6 Å². The first-order valence-electron chi connectivity index (χ1n) is 11.1. The number of halogens is 1. The van der Waals surface area contributed by atoms with Gasteiger partial charge in [0.05, 0.1) is 10.9 Å². The second-order valence-corrected chi connectivity index (χ2v) is 10.3. The molecule has 3 heterocycles. The van der Waals surface area contributed by atoms with Gasteiger partial charge in [-0.15, -0.1) is 0 Å². The van der Waals surface area contributed by atoms with Crippen LogP contribution in [-0.4, -0.2) is 24.5 Å². The molecule has 0 aliphatic carbocycles. The predicted molar refractivity (Wildman–Crippen MR) is 148 cm³/mol. The maximum atomic E-state index is 13.5. The minimum absolute atomic E-state index is 0.0919. The van der Waals surface area contributed by atoms with Gasteiger partial charge in [0, 0.05) is 11.2 Å². The number of hydrogen-bond acceptors (Lipinski definition) is 6. The summed E-state index contributed by atoms with van der Waals surface area (Å²) in [6.45, 7) is 3.78. The second-order valence-electron chi connectivity index (χ2n) is 8.22. The molecular formula is C27H20ClN3O3S2. The standard InChI is InChI=1S/C27H20ClN3O3S2/c1-16-14-19(11-12-21(16)28)34-24-20(25(32)30-13-7-6-10-23(30)29-24)15-22-26(33)31(27(35)36-22)17(2)18-8-4-3-5-9-18/h3-15,17H,1-2H3/b22-15+. The van der Waals surface area contributed by atoms with Crippen molar-refractivity contribution in [3.63, 3.8) is 0 Å². The van der Waals surface area contributed by atoms with Crippen LogP contribution in [0.4, 0.5) is 0 Å². The number of carbonyl (C=O) groups is 1. The minimum Gasteiger partial charge on any atom is -0.438 e. The van der Waals surface area contributed by atoms with Gasteiger partial charge in [0.25, 0.3) is 11.5 Å². The van der Waals surface area contributed by atoms with E-state index in [1.807, 2.05) is 44.2 Å². The van der Waals surface area contributed by atoms with E-state index in [0.717, 1.165) is 22.9 Å². The van der Waals surface area contributed by atoms with Crippen molar-refractivity contribution in [3.05, 3.63) is 110 Å². The number of pyridine rings is 1. The Bertz CT molecular complexity index is 1600. The lowest BCUT2D eigenvalue weighted by atomic mass is 10.1. The molecule has 1 unspecified atom stereocenters. The van der Waals surface area contributed by atoms with Crippen LogP contribution in [0, 0.1) is 6.92 Å². The molecule has 1 aliphatic heterocycles. The Balaban J connectivity index is 1.59. The summed E-state index contributed by atoms with van der Waals surface area (Å²) >= 11 is 12.9. The molecule has 2 aromatic heterocycles. The number of amides is 1. The topological polar surface area (TPSA) is 63.9 Å². The van der Waals surface area contributed by atoms with E-state index in [9.17, 15) is 9.59 Å². The van der Waals surface area contributed by atoms with Crippen LogP contribution in [0.1, 0.15) is 29.7 Å². The molecular weight excluding hydrogens is 514 g/mol. The minimum atomic E-state index is -0.359. The Morgan fingerprint density at radius 3 is 2.58 bits per heavy atom. The number of rotatable bonds is 5. The molecule has 1 saturated heterocycles. The van der Waals surface area contributed by atoms with Gasteiger partial charge in [-0.3, -0.25) is 18.9 Å². The first-order chi connectivity index (χ1) is 17.3. The first kappa shape index (κ1) is 24.2. The number of aryl methyl sites for hydroxylation is 1. The van der Waals surface area contributed by atoms with Crippen LogP contribution in [-0.2, 0) is 4.79 Å². The smallest absolute Gasteiger partial charge is 0.269 e. The average molecular weight is 534 g/mol. The number of carbonyl (C=O) groups excluding carboxylic acids is 1.